The molecule has 6 nitrogen and oxygen atoms in total. The maximum atomic E-state index is 13.5. The van der Waals surface area contributed by atoms with Gasteiger partial charge in [-0.1, -0.05) is 37.5 Å². The molecule has 1 aromatic carbocycles. The van der Waals surface area contributed by atoms with E-state index in [1.165, 1.54) is 6.42 Å². The lowest BCUT2D eigenvalue weighted by atomic mass is 9.88. The summed E-state index contributed by atoms with van der Waals surface area (Å²) in [5.41, 5.74) is 1.16. The lowest BCUT2D eigenvalue weighted by Crippen LogP contribution is -2.53. The predicted molar refractivity (Wildman–Crippen MR) is 129 cm³/mol. The summed E-state index contributed by atoms with van der Waals surface area (Å²) in [4.78, 5) is 24.8. The van der Waals surface area contributed by atoms with Crippen molar-refractivity contribution in [2.45, 2.75) is 45.1 Å². The number of pyridine rings is 1. The van der Waals surface area contributed by atoms with E-state index in [2.05, 4.69) is 33.8 Å². The maximum Gasteiger partial charge on any atom is 0.231 e. The molecule has 0 radical (unpaired) electrons. The van der Waals surface area contributed by atoms with Crippen molar-refractivity contribution < 1.29 is 9.53 Å². The number of hydrogen-bond donors (Lipinski definition) is 0. The summed E-state index contributed by atoms with van der Waals surface area (Å²) in [5.74, 6) is 2.10. The Balaban J connectivity index is 1.41. The van der Waals surface area contributed by atoms with Gasteiger partial charge in [0.1, 0.15) is 11.6 Å². The fraction of sp³-hybridized carbons (Fsp3) is 0.538. The van der Waals surface area contributed by atoms with Crippen molar-refractivity contribution in [1.29, 1.82) is 0 Å². The minimum absolute atomic E-state index is 0.139. The summed E-state index contributed by atoms with van der Waals surface area (Å²) in [7, 11) is 1.73. The fourth-order valence-corrected chi connectivity index (χ4v) is 5.05. The van der Waals surface area contributed by atoms with Crippen LogP contribution in [0.3, 0.4) is 0 Å². The molecule has 1 saturated carbocycles. The van der Waals surface area contributed by atoms with E-state index in [0.29, 0.717) is 6.54 Å². The number of ether oxygens (including phenoxy) is 1. The second-order valence-corrected chi connectivity index (χ2v) is 9.02. The summed E-state index contributed by atoms with van der Waals surface area (Å²) in [6.07, 6.45) is 7.37. The molecule has 0 spiro atoms. The third-order valence-electron chi connectivity index (χ3n) is 6.96. The van der Waals surface area contributed by atoms with E-state index in [-0.39, 0.29) is 17.9 Å². The van der Waals surface area contributed by atoms with Gasteiger partial charge in [0, 0.05) is 50.9 Å². The number of nitrogens with zero attached hydrogens (tertiary/aromatic N) is 4. The molecule has 1 aromatic heterocycles. The molecular weight excluding hydrogens is 400 g/mol. The molecule has 2 heterocycles. The van der Waals surface area contributed by atoms with E-state index < -0.39 is 0 Å². The van der Waals surface area contributed by atoms with Gasteiger partial charge in [0.05, 0.1) is 12.8 Å². The topological polar surface area (TPSA) is 48.9 Å². The lowest BCUT2D eigenvalue weighted by molar-refractivity contribution is -0.123. The molecule has 172 valence electrons. The van der Waals surface area contributed by atoms with Gasteiger partial charge in [-0.2, -0.15) is 0 Å². The lowest BCUT2D eigenvalue weighted by Gasteiger charge is -2.41. The number of benzene rings is 1. The van der Waals surface area contributed by atoms with Crippen molar-refractivity contribution in [1.82, 2.24) is 9.88 Å². The van der Waals surface area contributed by atoms with Crippen molar-refractivity contribution in [2.24, 2.45) is 5.92 Å². The molecule has 1 aliphatic heterocycles. The zero-order chi connectivity index (χ0) is 22.3. The maximum absolute atomic E-state index is 13.5. The molecule has 2 aromatic rings. The van der Waals surface area contributed by atoms with Crippen molar-refractivity contribution in [2.75, 3.05) is 49.6 Å². The average Bonchev–Trinajstić information content (AvgIpc) is 2.88. The number of rotatable bonds is 7. The zero-order valence-electron chi connectivity index (χ0n) is 19.4. The summed E-state index contributed by atoms with van der Waals surface area (Å²) in [5, 5.41) is 0. The number of piperazine rings is 1. The number of carbonyl (C=O) groups is 1. The third kappa shape index (κ3) is 5.23. The number of aromatic nitrogens is 1. The third-order valence-corrected chi connectivity index (χ3v) is 6.96. The first-order valence-corrected chi connectivity index (χ1v) is 12.0. The molecule has 1 aliphatic carbocycles. The molecule has 2 aliphatic rings. The van der Waals surface area contributed by atoms with Crippen LogP contribution in [0.15, 0.2) is 48.7 Å². The average molecular weight is 437 g/mol. The van der Waals surface area contributed by atoms with Crippen LogP contribution in [0.1, 0.15) is 39.0 Å². The van der Waals surface area contributed by atoms with Crippen LogP contribution in [0.25, 0.3) is 0 Å². The van der Waals surface area contributed by atoms with Gasteiger partial charge in [0.25, 0.3) is 0 Å². The van der Waals surface area contributed by atoms with Crippen molar-refractivity contribution >= 4 is 17.4 Å². The van der Waals surface area contributed by atoms with Gasteiger partial charge in [0.15, 0.2) is 0 Å². The second-order valence-electron chi connectivity index (χ2n) is 9.02. The van der Waals surface area contributed by atoms with E-state index in [4.69, 9.17) is 4.74 Å². The molecular formula is C26H36N4O2. The van der Waals surface area contributed by atoms with Gasteiger partial charge in [0.2, 0.25) is 5.91 Å². The van der Waals surface area contributed by atoms with Gasteiger partial charge >= 0.3 is 0 Å². The first kappa shape index (κ1) is 22.6. The largest absolute Gasteiger partial charge is 0.495 e. The highest BCUT2D eigenvalue weighted by molar-refractivity contribution is 5.94. The van der Waals surface area contributed by atoms with Crippen LogP contribution < -0.4 is 14.5 Å². The van der Waals surface area contributed by atoms with Crippen LogP contribution in [0, 0.1) is 5.92 Å². The monoisotopic (exact) mass is 436 g/mol. The Morgan fingerprint density at radius 1 is 1.06 bits per heavy atom. The minimum atomic E-state index is 0.139. The summed E-state index contributed by atoms with van der Waals surface area (Å²) >= 11 is 0. The Morgan fingerprint density at radius 3 is 2.47 bits per heavy atom. The number of methoxy groups -OCH3 is 1. The van der Waals surface area contributed by atoms with Gasteiger partial charge in [-0.05, 0) is 44.0 Å². The Morgan fingerprint density at radius 2 is 1.78 bits per heavy atom. The normalized spacial score (nSPS) is 18.9. The molecule has 32 heavy (non-hydrogen) atoms. The van der Waals surface area contributed by atoms with Gasteiger partial charge in [-0.3, -0.25) is 14.6 Å². The zero-order valence-corrected chi connectivity index (χ0v) is 19.4. The second kappa shape index (κ2) is 10.8. The molecule has 0 bridgehead atoms. The smallest absolute Gasteiger partial charge is 0.231 e. The first-order valence-electron chi connectivity index (χ1n) is 12.0. The summed E-state index contributed by atoms with van der Waals surface area (Å²) in [6, 6.07) is 14.3. The van der Waals surface area contributed by atoms with Crippen molar-refractivity contribution in [3.63, 3.8) is 0 Å². The standard InChI is InChI=1S/C26H36N4O2/c1-21(28-16-18-29(19-17-28)23-12-6-7-13-24(23)32-2)20-30(25-14-8-9-15-27-25)26(31)22-10-4-3-5-11-22/h6-9,12-15,21-22H,3-5,10-11,16-20H2,1-2H3. The highest BCUT2D eigenvalue weighted by Gasteiger charge is 2.31. The number of carbonyl (C=O) groups excluding carboxylic acids is 1. The number of amides is 1. The van der Waals surface area contributed by atoms with Crippen LogP contribution in [0.5, 0.6) is 5.75 Å². The van der Waals surface area contributed by atoms with E-state index >= 15 is 0 Å². The molecule has 6 heteroatoms. The highest BCUT2D eigenvalue weighted by atomic mass is 16.5. The van der Waals surface area contributed by atoms with Gasteiger partial charge in [-0.15, -0.1) is 0 Å². The quantitative estimate of drug-likeness (QED) is 0.651. The van der Waals surface area contributed by atoms with Crippen LogP contribution in [-0.2, 0) is 4.79 Å². The Labute approximate surface area is 192 Å². The minimum Gasteiger partial charge on any atom is -0.495 e. The summed E-state index contributed by atoms with van der Waals surface area (Å²) < 4.78 is 5.55. The number of anilines is 2. The number of hydrogen-bond acceptors (Lipinski definition) is 5. The van der Waals surface area contributed by atoms with Crippen molar-refractivity contribution in [3.05, 3.63) is 48.7 Å². The molecule has 4 rings (SSSR count). The van der Waals surface area contributed by atoms with Gasteiger partial charge < -0.3 is 9.64 Å². The highest BCUT2D eigenvalue weighted by Crippen LogP contribution is 2.30. The van der Waals surface area contributed by atoms with E-state index in [1.807, 2.05) is 35.2 Å². The SMILES string of the molecule is COc1ccccc1N1CCN(C(C)CN(C(=O)C2CCCCC2)c2ccccn2)CC1. The fourth-order valence-electron chi connectivity index (χ4n) is 5.05. The molecule has 0 N–H and O–H groups in total. The molecule has 2 fully saturated rings. The first-order chi connectivity index (χ1) is 15.7. The van der Waals surface area contributed by atoms with Crippen LogP contribution in [0.4, 0.5) is 11.5 Å². The van der Waals surface area contributed by atoms with E-state index in [1.54, 1.807) is 13.3 Å². The predicted octanol–water partition coefficient (Wildman–Crippen LogP) is 4.21. The van der Waals surface area contributed by atoms with Crippen LogP contribution in [-0.4, -0.2) is 61.7 Å². The Kier molecular flexibility index (Phi) is 7.63. The van der Waals surface area contributed by atoms with Gasteiger partial charge in [-0.25, -0.2) is 4.98 Å². The Hall–Kier alpha value is -2.60. The van der Waals surface area contributed by atoms with E-state index in [9.17, 15) is 4.79 Å². The molecule has 1 unspecified atom stereocenters. The summed E-state index contributed by atoms with van der Waals surface area (Å²) in [6.45, 7) is 6.75. The van der Waals surface area contributed by atoms with Crippen LogP contribution >= 0.6 is 0 Å². The molecule has 1 saturated heterocycles. The van der Waals surface area contributed by atoms with E-state index in [0.717, 1.165) is 69.1 Å². The molecule has 1 amide bonds. The number of para-hydroxylation sites is 2. The Bertz CT molecular complexity index is 861. The van der Waals surface area contributed by atoms with Crippen molar-refractivity contribution in [3.8, 4) is 5.75 Å². The molecule has 1 atom stereocenters. The van der Waals surface area contributed by atoms with Crippen LogP contribution in [0.2, 0.25) is 0 Å².